The lowest BCUT2D eigenvalue weighted by molar-refractivity contribution is -0.119. The molecular formula is C12H21N5OS. The number of nitrogen functional groups attached to an aromatic ring is 1. The number of nitrogens with zero attached hydrogens (tertiary/aromatic N) is 3. The second-order valence-corrected chi connectivity index (χ2v) is 6.07. The average molecular weight is 283 g/mol. The zero-order valence-electron chi connectivity index (χ0n) is 11.4. The molecule has 1 heterocycles. The van der Waals surface area contributed by atoms with Gasteiger partial charge in [0, 0.05) is 6.04 Å². The number of rotatable bonds is 4. The van der Waals surface area contributed by atoms with Crippen LogP contribution in [0.5, 0.6) is 0 Å². The third-order valence-corrected chi connectivity index (χ3v) is 4.57. The zero-order chi connectivity index (χ0) is 13.8. The van der Waals surface area contributed by atoms with E-state index in [0.29, 0.717) is 28.7 Å². The van der Waals surface area contributed by atoms with Crippen LogP contribution in [-0.2, 0) is 4.79 Å². The van der Waals surface area contributed by atoms with Crippen LogP contribution in [0.2, 0.25) is 0 Å². The number of nitrogens with one attached hydrogen (secondary N) is 1. The van der Waals surface area contributed by atoms with Crippen LogP contribution in [-0.4, -0.2) is 32.6 Å². The number of hydrogen-bond acceptors (Lipinski definition) is 5. The second-order valence-electron chi connectivity index (χ2n) is 5.12. The number of carbonyl (C=O) groups is 1. The number of aryl methyl sites for hydroxylation is 1. The molecule has 7 heteroatoms. The minimum atomic E-state index is 0.0457. The SMILES string of the molecule is Cc1nnc(SCC(=O)N[C@@H]2CCCC[C@H]2C)n1N. The van der Waals surface area contributed by atoms with Crippen LogP contribution < -0.4 is 11.2 Å². The first kappa shape index (κ1) is 14.2. The Kier molecular flexibility index (Phi) is 4.68. The summed E-state index contributed by atoms with van der Waals surface area (Å²) in [6, 6.07) is 0.319. The molecule has 1 aromatic rings. The van der Waals surface area contributed by atoms with Gasteiger partial charge in [0.2, 0.25) is 11.1 Å². The van der Waals surface area contributed by atoms with E-state index in [2.05, 4.69) is 22.4 Å². The minimum Gasteiger partial charge on any atom is -0.352 e. The van der Waals surface area contributed by atoms with Crippen molar-refractivity contribution < 1.29 is 4.79 Å². The molecule has 0 unspecified atom stereocenters. The Balaban J connectivity index is 1.80. The van der Waals surface area contributed by atoms with Crippen LogP contribution in [0.25, 0.3) is 0 Å². The van der Waals surface area contributed by atoms with E-state index in [0.717, 1.165) is 6.42 Å². The second kappa shape index (κ2) is 6.27. The van der Waals surface area contributed by atoms with Crippen LogP contribution in [0.15, 0.2) is 5.16 Å². The summed E-state index contributed by atoms with van der Waals surface area (Å²) in [5, 5.41) is 11.5. The van der Waals surface area contributed by atoms with Gasteiger partial charge >= 0.3 is 0 Å². The summed E-state index contributed by atoms with van der Waals surface area (Å²) in [6.07, 6.45) is 4.77. The lowest BCUT2D eigenvalue weighted by Gasteiger charge is -2.29. The molecule has 0 spiro atoms. The van der Waals surface area contributed by atoms with Gasteiger partial charge in [-0.1, -0.05) is 31.5 Å². The summed E-state index contributed by atoms with van der Waals surface area (Å²) in [7, 11) is 0. The fourth-order valence-electron chi connectivity index (χ4n) is 2.36. The van der Waals surface area contributed by atoms with Crippen LogP contribution in [0.3, 0.4) is 0 Å². The van der Waals surface area contributed by atoms with Gasteiger partial charge < -0.3 is 11.2 Å². The molecule has 1 aliphatic rings. The lowest BCUT2D eigenvalue weighted by Crippen LogP contribution is -2.41. The smallest absolute Gasteiger partial charge is 0.230 e. The molecule has 2 rings (SSSR count). The monoisotopic (exact) mass is 283 g/mol. The van der Waals surface area contributed by atoms with Gasteiger partial charge in [-0.25, -0.2) is 4.68 Å². The molecule has 0 saturated heterocycles. The molecule has 106 valence electrons. The molecule has 1 aromatic heterocycles. The highest BCUT2D eigenvalue weighted by Gasteiger charge is 2.22. The van der Waals surface area contributed by atoms with Gasteiger partial charge in [0.1, 0.15) is 5.82 Å². The van der Waals surface area contributed by atoms with Crippen LogP contribution >= 0.6 is 11.8 Å². The average Bonchev–Trinajstić information content (AvgIpc) is 2.70. The molecule has 0 bridgehead atoms. The number of amides is 1. The van der Waals surface area contributed by atoms with Crippen molar-refractivity contribution in [3.8, 4) is 0 Å². The number of hydrogen-bond donors (Lipinski definition) is 2. The molecule has 3 N–H and O–H groups in total. The van der Waals surface area contributed by atoms with Gasteiger partial charge in [0.25, 0.3) is 0 Å². The summed E-state index contributed by atoms with van der Waals surface area (Å²) in [4.78, 5) is 11.9. The van der Waals surface area contributed by atoms with Gasteiger partial charge in [0.15, 0.2) is 0 Å². The van der Waals surface area contributed by atoms with Crippen molar-refractivity contribution in [2.45, 2.75) is 50.7 Å². The molecule has 1 saturated carbocycles. The molecule has 1 aliphatic carbocycles. The van der Waals surface area contributed by atoms with Crippen molar-refractivity contribution >= 4 is 17.7 Å². The van der Waals surface area contributed by atoms with E-state index in [1.165, 1.54) is 35.7 Å². The summed E-state index contributed by atoms with van der Waals surface area (Å²) in [5.74, 6) is 7.33. The molecule has 0 radical (unpaired) electrons. The topological polar surface area (TPSA) is 85.8 Å². The lowest BCUT2D eigenvalue weighted by atomic mass is 9.86. The molecule has 1 fully saturated rings. The van der Waals surface area contributed by atoms with Crippen molar-refractivity contribution in [3.63, 3.8) is 0 Å². The van der Waals surface area contributed by atoms with E-state index >= 15 is 0 Å². The minimum absolute atomic E-state index is 0.0457. The van der Waals surface area contributed by atoms with E-state index < -0.39 is 0 Å². The van der Waals surface area contributed by atoms with Crippen LogP contribution in [0.4, 0.5) is 0 Å². The largest absolute Gasteiger partial charge is 0.352 e. The van der Waals surface area contributed by atoms with Crippen molar-refractivity contribution in [2.75, 3.05) is 11.6 Å². The van der Waals surface area contributed by atoms with Gasteiger partial charge in [-0.05, 0) is 25.7 Å². The fourth-order valence-corrected chi connectivity index (χ4v) is 3.07. The molecule has 6 nitrogen and oxygen atoms in total. The van der Waals surface area contributed by atoms with Crippen LogP contribution in [0, 0.1) is 12.8 Å². The molecular weight excluding hydrogens is 262 g/mol. The summed E-state index contributed by atoms with van der Waals surface area (Å²) < 4.78 is 1.40. The standard InChI is InChI=1S/C12H21N5OS/c1-8-5-3-4-6-10(8)14-11(18)7-19-12-16-15-9(2)17(12)13/h8,10H,3-7,13H2,1-2H3,(H,14,18)/t8-,10-/m1/s1. The predicted molar refractivity (Wildman–Crippen MR) is 75.2 cm³/mol. The number of nitrogens with two attached hydrogens (primary N) is 1. The maximum atomic E-state index is 11.9. The Labute approximate surface area is 117 Å². The summed E-state index contributed by atoms with van der Waals surface area (Å²) in [5.41, 5.74) is 0. The fraction of sp³-hybridized carbons (Fsp3) is 0.750. The Hall–Kier alpha value is -1.24. The third kappa shape index (κ3) is 3.62. The van der Waals surface area contributed by atoms with Crippen molar-refractivity contribution in [1.29, 1.82) is 0 Å². The van der Waals surface area contributed by atoms with E-state index in [1.54, 1.807) is 6.92 Å². The Morgan fingerprint density at radius 2 is 2.21 bits per heavy atom. The number of carbonyl (C=O) groups excluding carboxylic acids is 1. The summed E-state index contributed by atoms with van der Waals surface area (Å²) >= 11 is 1.32. The summed E-state index contributed by atoms with van der Waals surface area (Å²) in [6.45, 7) is 3.98. The van der Waals surface area contributed by atoms with E-state index in [-0.39, 0.29) is 5.91 Å². The molecule has 0 aromatic carbocycles. The maximum Gasteiger partial charge on any atom is 0.230 e. The highest BCUT2D eigenvalue weighted by molar-refractivity contribution is 7.99. The maximum absolute atomic E-state index is 11.9. The van der Waals surface area contributed by atoms with Gasteiger partial charge in [-0.2, -0.15) is 0 Å². The first-order valence-electron chi connectivity index (χ1n) is 6.67. The van der Waals surface area contributed by atoms with Crippen molar-refractivity contribution in [1.82, 2.24) is 20.2 Å². The van der Waals surface area contributed by atoms with Crippen LogP contribution in [0.1, 0.15) is 38.4 Å². The van der Waals surface area contributed by atoms with Crippen molar-refractivity contribution in [3.05, 3.63) is 5.82 Å². The molecule has 19 heavy (non-hydrogen) atoms. The van der Waals surface area contributed by atoms with Gasteiger partial charge in [-0.15, -0.1) is 10.2 Å². The highest BCUT2D eigenvalue weighted by Crippen LogP contribution is 2.24. The predicted octanol–water partition coefficient (Wildman–Crippen LogP) is 1.09. The Morgan fingerprint density at radius 3 is 2.84 bits per heavy atom. The number of thioether (sulfide) groups is 1. The molecule has 2 atom stereocenters. The van der Waals surface area contributed by atoms with E-state index in [4.69, 9.17) is 5.84 Å². The number of aromatic nitrogens is 3. The van der Waals surface area contributed by atoms with E-state index in [9.17, 15) is 4.79 Å². The first-order chi connectivity index (χ1) is 9.08. The molecule has 0 aliphatic heterocycles. The zero-order valence-corrected chi connectivity index (χ0v) is 12.2. The van der Waals surface area contributed by atoms with Gasteiger partial charge in [0.05, 0.1) is 5.75 Å². The first-order valence-corrected chi connectivity index (χ1v) is 7.65. The quantitative estimate of drug-likeness (QED) is 0.638. The Bertz CT molecular complexity index is 447. The third-order valence-electron chi connectivity index (χ3n) is 3.63. The van der Waals surface area contributed by atoms with Crippen molar-refractivity contribution in [2.24, 2.45) is 5.92 Å². The van der Waals surface area contributed by atoms with Gasteiger partial charge in [-0.3, -0.25) is 4.79 Å². The molecule has 1 amide bonds. The normalized spacial score (nSPS) is 23.3. The highest BCUT2D eigenvalue weighted by atomic mass is 32.2. The Morgan fingerprint density at radius 1 is 1.47 bits per heavy atom. The van der Waals surface area contributed by atoms with E-state index in [1.807, 2.05) is 0 Å².